The van der Waals surface area contributed by atoms with Crippen LogP contribution in [-0.4, -0.2) is 26.3 Å². The van der Waals surface area contributed by atoms with Gasteiger partial charge in [-0.1, -0.05) is 6.07 Å². The fourth-order valence-electron chi connectivity index (χ4n) is 2.68. The Labute approximate surface area is 108 Å². The van der Waals surface area contributed by atoms with Gasteiger partial charge in [-0.3, -0.25) is 0 Å². The van der Waals surface area contributed by atoms with E-state index in [0.29, 0.717) is 6.04 Å². The van der Waals surface area contributed by atoms with E-state index in [1.165, 1.54) is 37.0 Å². The van der Waals surface area contributed by atoms with E-state index >= 15 is 0 Å². The average Bonchev–Trinajstić information content (AvgIpc) is 2.89. The Morgan fingerprint density at radius 3 is 2.94 bits per heavy atom. The molecule has 0 aromatic carbocycles. The zero-order chi connectivity index (χ0) is 11.9. The average molecular weight is 253 g/mol. The number of thiophene rings is 1. The highest BCUT2D eigenvalue weighted by Gasteiger charge is 2.22. The van der Waals surface area contributed by atoms with Gasteiger partial charge >= 0.3 is 0 Å². The van der Waals surface area contributed by atoms with Crippen LogP contribution < -0.4 is 5.32 Å². The molecule has 1 aliphatic heterocycles. The lowest BCUT2D eigenvalue weighted by Gasteiger charge is -2.30. The van der Waals surface area contributed by atoms with E-state index in [4.69, 9.17) is 4.74 Å². The summed E-state index contributed by atoms with van der Waals surface area (Å²) in [4.78, 5) is 1.52. The number of hydrogen-bond acceptors (Lipinski definition) is 3. The van der Waals surface area contributed by atoms with E-state index in [1.807, 2.05) is 11.3 Å². The van der Waals surface area contributed by atoms with Gasteiger partial charge in [0, 0.05) is 24.1 Å². The Bertz CT molecular complexity index is 293. The fourth-order valence-corrected chi connectivity index (χ4v) is 3.44. The van der Waals surface area contributed by atoms with Crippen molar-refractivity contribution in [2.45, 2.75) is 38.1 Å². The van der Waals surface area contributed by atoms with Crippen molar-refractivity contribution < 1.29 is 4.74 Å². The van der Waals surface area contributed by atoms with Gasteiger partial charge in [0.1, 0.15) is 0 Å². The van der Waals surface area contributed by atoms with Crippen LogP contribution in [0.15, 0.2) is 17.5 Å². The van der Waals surface area contributed by atoms with Crippen molar-refractivity contribution in [1.82, 2.24) is 5.32 Å². The molecule has 3 heteroatoms. The van der Waals surface area contributed by atoms with Crippen LogP contribution >= 0.6 is 11.3 Å². The Balaban J connectivity index is 1.71. The molecule has 0 aliphatic carbocycles. The summed E-state index contributed by atoms with van der Waals surface area (Å²) in [5, 5.41) is 5.67. The molecule has 0 amide bonds. The minimum absolute atomic E-state index is 0.680. The smallest absolute Gasteiger partial charge is 0.0469 e. The lowest BCUT2D eigenvalue weighted by molar-refractivity contribution is 0.0534. The first-order valence-electron chi connectivity index (χ1n) is 6.67. The molecule has 1 aliphatic rings. The van der Waals surface area contributed by atoms with Crippen LogP contribution in [0.25, 0.3) is 0 Å². The maximum absolute atomic E-state index is 5.43. The molecule has 0 radical (unpaired) electrons. The molecule has 1 atom stereocenters. The van der Waals surface area contributed by atoms with Crippen molar-refractivity contribution in [1.29, 1.82) is 0 Å². The van der Waals surface area contributed by atoms with Gasteiger partial charge in [-0.05, 0) is 56.5 Å². The molecule has 2 heterocycles. The van der Waals surface area contributed by atoms with Gasteiger partial charge in [-0.2, -0.15) is 0 Å². The fraction of sp³-hybridized carbons (Fsp3) is 0.714. The predicted molar refractivity (Wildman–Crippen MR) is 73.6 cm³/mol. The Kier molecular flexibility index (Phi) is 5.49. The van der Waals surface area contributed by atoms with E-state index in [0.717, 1.165) is 19.1 Å². The SMILES string of the molecule is CNC(CCCc1cccs1)C1CCOCC1. The molecule has 17 heavy (non-hydrogen) atoms. The first kappa shape index (κ1) is 13.1. The third-order valence-corrected chi connectivity index (χ3v) is 4.66. The van der Waals surface area contributed by atoms with Crippen LogP contribution in [0, 0.1) is 5.92 Å². The molecule has 2 nitrogen and oxygen atoms in total. The van der Waals surface area contributed by atoms with Crippen molar-refractivity contribution in [3.8, 4) is 0 Å². The van der Waals surface area contributed by atoms with Crippen molar-refractivity contribution in [3.63, 3.8) is 0 Å². The molecule has 96 valence electrons. The van der Waals surface area contributed by atoms with Crippen molar-refractivity contribution >= 4 is 11.3 Å². The minimum Gasteiger partial charge on any atom is -0.381 e. The van der Waals surface area contributed by atoms with Gasteiger partial charge in [0.2, 0.25) is 0 Å². The monoisotopic (exact) mass is 253 g/mol. The molecule has 0 saturated carbocycles. The summed E-state index contributed by atoms with van der Waals surface area (Å²) in [7, 11) is 2.10. The van der Waals surface area contributed by atoms with Crippen LogP contribution in [0.2, 0.25) is 0 Å². The van der Waals surface area contributed by atoms with Gasteiger partial charge < -0.3 is 10.1 Å². The molecule has 1 unspecified atom stereocenters. The van der Waals surface area contributed by atoms with Crippen molar-refractivity contribution in [2.75, 3.05) is 20.3 Å². The van der Waals surface area contributed by atoms with Gasteiger partial charge in [-0.25, -0.2) is 0 Å². The van der Waals surface area contributed by atoms with E-state index in [-0.39, 0.29) is 0 Å². The first-order valence-corrected chi connectivity index (χ1v) is 7.55. The summed E-state index contributed by atoms with van der Waals surface area (Å²) in [6.07, 6.45) is 6.27. The number of rotatable bonds is 6. The lowest BCUT2D eigenvalue weighted by Crippen LogP contribution is -2.36. The van der Waals surface area contributed by atoms with Gasteiger partial charge in [0.25, 0.3) is 0 Å². The van der Waals surface area contributed by atoms with Crippen LogP contribution in [0.3, 0.4) is 0 Å². The Morgan fingerprint density at radius 1 is 1.47 bits per heavy atom. The van der Waals surface area contributed by atoms with Crippen LogP contribution in [0.1, 0.15) is 30.6 Å². The third kappa shape index (κ3) is 4.09. The van der Waals surface area contributed by atoms with Crippen molar-refractivity contribution in [3.05, 3.63) is 22.4 Å². The summed E-state index contributed by atoms with van der Waals surface area (Å²) in [6, 6.07) is 5.07. The highest BCUT2D eigenvalue weighted by Crippen LogP contribution is 2.22. The largest absolute Gasteiger partial charge is 0.381 e. The molecular weight excluding hydrogens is 230 g/mol. The molecule has 1 aromatic rings. The topological polar surface area (TPSA) is 21.3 Å². The summed E-state index contributed by atoms with van der Waals surface area (Å²) >= 11 is 1.88. The lowest BCUT2D eigenvalue weighted by atomic mass is 9.88. The molecule has 1 N–H and O–H groups in total. The maximum atomic E-state index is 5.43. The summed E-state index contributed by atoms with van der Waals surface area (Å²) in [6.45, 7) is 1.90. The van der Waals surface area contributed by atoms with E-state index in [1.54, 1.807) is 0 Å². The number of nitrogens with one attached hydrogen (secondary N) is 1. The highest BCUT2D eigenvalue weighted by molar-refractivity contribution is 7.09. The first-order chi connectivity index (χ1) is 8.40. The zero-order valence-corrected chi connectivity index (χ0v) is 11.5. The number of hydrogen-bond donors (Lipinski definition) is 1. The van der Waals surface area contributed by atoms with Crippen LogP contribution in [-0.2, 0) is 11.2 Å². The predicted octanol–water partition coefficient (Wildman–Crippen LogP) is 3.09. The van der Waals surface area contributed by atoms with Crippen LogP contribution in [0.5, 0.6) is 0 Å². The minimum atomic E-state index is 0.680. The van der Waals surface area contributed by atoms with E-state index < -0.39 is 0 Å². The summed E-state index contributed by atoms with van der Waals surface area (Å²) in [5.41, 5.74) is 0. The Morgan fingerprint density at radius 2 is 2.29 bits per heavy atom. The number of aryl methyl sites for hydroxylation is 1. The molecule has 0 bridgehead atoms. The van der Waals surface area contributed by atoms with Gasteiger partial charge in [0.05, 0.1) is 0 Å². The molecular formula is C14H23NOS. The number of ether oxygens (including phenoxy) is 1. The zero-order valence-electron chi connectivity index (χ0n) is 10.7. The normalized spacial score (nSPS) is 19.4. The second-order valence-corrected chi connectivity index (χ2v) is 5.85. The summed E-state index contributed by atoms with van der Waals surface area (Å²) < 4.78 is 5.43. The van der Waals surface area contributed by atoms with Crippen LogP contribution in [0.4, 0.5) is 0 Å². The van der Waals surface area contributed by atoms with Gasteiger partial charge in [-0.15, -0.1) is 11.3 Å². The standard InChI is InChI=1S/C14H23NOS/c1-15-14(12-7-9-16-10-8-12)6-2-4-13-5-3-11-17-13/h3,5,11-12,14-15H,2,4,6-10H2,1H3. The second-order valence-electron chi connectivity index (χ2n) is 4.82. The maximum Gasteiger partial charge on any atom is 0.0469 e. The molecule has 0 spiro atoms. The molecule has 1 saturated heterocycles. The quantitative estimate of drug-likeness (QED) is 0.841. The third-order valence-electron chi connectivity index (χ3n) is 3.72. The molecule has 2 rings (SSSR count). The molecule has 1 aromatic heterocycles. The second kappa shape index (κ2) is 7.14. The van der Waals surface area contributed by atoms with Crippen molar-refractivity contribution in [2.24, 2.45) is 5.92 Å². The highest BCUT2D eigenvalue weighted by atomic mass is 32.1. The summed E-state index contributed by atoms with van der Waals surface area (Å²) in [5.74, 6) is 0.817. The molecule has 1 fully saturated rings. The van der Waals surface area contributed by atoms with E-state index in [9.17, 15) is 0 Å². The van der Waals surface area contributed by atoms with E-state index in [2.05, 4.69) is 29.9 Å². The van der Waals surface area contributed by atoms with Gasteiger partial charge in [0.15, 0.2) is 0 Å². The Hall–Kier alpha value is -0.380.